The highest BCUT2D eigenvalue weighted by Gasteiger charge is 2.13. The molecule has 0 radical (unpaired) electrons. The standard InChI is InChI=1S/C13H16N2O/c1-7-5-6-11(9(3)8(7)2)12-10(4)16-13(14)15-12/h5-6H,1-4H3,(H2,14,15). The lowest BCUT2D eigenvalue weighted by molar-refractivity contribution is 0.549. The molecule has 84 valence electrons. The van der Waals surface area contributed by atoms with Crippen LogP contribution < -0.4 is 5.73 Å². The maximum Gasteiger partial charge on any atom is 0.292 e. The van der Waals surface area contributed by atoms with Crippen LogP contribution in [0.2, 0.25) is 0 Å². The predicted molar refractivity (Wildman–Crippen MR) is 65.3 cm³/mol. The van der Waals surface area contributed by atoms with Gasteiger partial charge in [-0.1, -0.05) is 12.1 Å². The summed E-state index contributed by atoms with van der Waals surface area (Å²) in [5.74, 6) is 0.767. The van der Waals surface area contributed by atoms with Crippen molar-refractivity contribution < 1.29 is 4.42 Å². The molecule has 0 saturated carbocycles. The van der Waals surface area contributed by atoms with E-state index in [1.54, 1.807) is 0 Å². The van der Waals surface area contributed by atoms with Crippen molar-refractivity contribution in [3.8, 4) is 11.3 Å². The van der Waals surface area contributed by atoms with Gasteiger partial charge in [0.2, 0.25) is 0 Å². The normalized spacial score (nSPS) is 10.8. The van der Waals surface area contributed by atoms with E-state index in [0.717, 1.165) is 17.0 Å². The van der Waals surface area contributed by atoms with Crippen LogP contribution in [-0.2, 0) is 0 Å². The summed E-state index contributed by atoms with van der Waals surface area (Å²) in [7, 11) is 0. The summed E-state index contributed by atoms with van der Waals surface area (Å²) in [5.41, 5.74) is 11.3. The second-order valence-corrected chi connectivity index (χ2v) is 4.14. The van der Waals surface area contributed by atoms with Crippen molar-refractivity contribution in [2.45, 2.75) is 27.7 Å². The van der Waals surface area contributed by atoms with E-state index in [4.69, 9.17) is 10.2 Å². The molecule has 3 nitrogen and oxygen atoms in total. The fourth-order valence-electron chi connectivity index (χ4n) is 1.88. The van der Waals surface area contributed by atoms with Crippen LogP contribution in [-0.4, -0.2) is 4.98 Å². The molecular weight excluding hydrogens is 200 g/mol. The van der Waals surface area contributed by atoms with Crippen LogP contribution in [0.5, 0.6) is 0 Å². The maximum atomic E-state index is 5.56. The summed E-state index contributed by atoms with van der Waals surface area (Å²) >= 11 is 0. The SMILES string of the molecule is Cc1ccc(-c2nc(N)oc2C)c(C)c1C. The molecule has 0 bridgehead atoms. The van der Waals surface area contributed by atoms with E-state index in [-0.39, 0.29) is 6.01 Å². The largest absolute Gasteiger partial charge is 0.429 e. The molecule has 0 spiro atoms. The van der Waals surface area contributed by atoms with Crippen molar-refractivity contribution in [2.75, 3.05) is 5.73 Å². The van der Waals surface area contributed by atoms with E-state index < -0.39 is 0 Å². The molecule has 1 heterocycles. The topological polar surface area (TPSA) is 52.0 Å². The fraction of sp³-hybridized carbons (Fsp3) is 0.308. The molecular formula is C13H16N2O. The van der Waals surface area contributed by atoms with Crippen LogP contribution in [0, 0.1) is 27.7 Å². The first-order chi connectivity index (χ1) is 7.50. The van der Waals surface area contributed by atoms with Crippen molar-refractivity contribution in [3.63, 3.8) is 0 Å². The van der Waals surface area contributed by atoms with Crippen molar-refractivity contribution in [2.24, 2.45) is 0 Å². The third kappa shape index (κ3) is 1.58. The van der Waals surface area contributed by atoms with Gasteiger partial charge in [-0.05, 0) is 44.4 Å². The molecule has 0 aliphatic heterocycles. The summed E-state index contributed by atoms with van der Waals surface area (Å²) in [5, 5.41) is 0. The summed E-state index contributed by atoms with van der Waals surface area (Å²) in [4.78, 5) is 4.22. The third-order valence-corrected chi connectivity index (χ3v) is 3.13. The van der Waals surface area contributed by atoms with Crippen LogP contribution in [0.25, 0.3) is 11.3 Å². The zero-order chi connectivity index (χ0) is 11.9. The Labute approximate surface area is 95.3 Å². The van der Waals surface area contributed by atoms with Crippen molar-refractivity contribution >= 4 is 6.01 Å². The van der Waals surface area contributed by atoms with Gasteiger partial charge in [0.05, 0.1) is 0 Å². The van der Waals surface area contributed by atoms with Crippen molar-refractivity contribution in [3.05, 3.63) is 34.6 Å². The molecule has 0 unspecified atom stereocenters. The second kappa shape index (κ2) is 3.67. The second-order valence-electron chi connectivity index (χ2n) is 4.14. The molecule has 16 heavy (non-hydrogen) atoms. The van der Waals surface area contributed by atoms with Gasteiger partial charge < -0.3 is 10.2 Å². The van der Waals surface area contributed by atoms with Gasteiger partial charge in [-0.15, -0.1) is 0 Å². The Hall–Kier alpha value is -1.77. The Morgan fingerprint density at radius 1 is 1.06 bits per heavy atom. The highest BCUT2D eigenvalue weighted by molar-refractivity contribution is 5.68. The van der Waals surface area contributed by atoms with Crippen LogP contribution in [0.4, 0.5) is 6.01 Å². The van der Waals surface area contributed by atoms with Crippen LogP contribution in [0.3, 0.4) is 0 Å². The first-order valence-corrected chi connectivity index (χ1v) is 5.30. The molecule has 0 aliphatic carbocycles. The van der Waals surface area contributed by atoms with Gasteiger partial charge in [0.25, 0.3) is 6.01 Å². The number of rotatable bonds is 1. The van der Waals surface area contributed by atoms with Gasteiger partial charge in [-0.25, -0.2) is 0 Å². The minimum atomic E-state index is 0.227. The van der Waals surface area contributed by atoms with E-state index in [9.17, 15) is 0 Å². The van der Waals surface area contributed by atoms with E-state index in [2.05, 4.69) is 37.9 Å². The number of hydrogen-bond acceptors (Lipinski definition) is 3. The van der Waals surface area contributed by atoms with Crippen molar-refractivity contribution in [1.29, 1.82) is 0 Å². The molecule has 2 aromatic rings. The summed E-state index contributed by atoms with van der Waals surface area (Å²) < 4.78 is 5.26. The number of anilines is 1. The van der Waals surface area contributed by atoms with Gasteiger partial charge in [0.1, 0.15) is 11.5 Å². The molecule has 3 heteroatoms. The predicted octanol–water partition coefficient (Wildman–Crippen LogP) is 3.16. The molecule has 1 aromatic carbocycles. The zero-order valence-electron chi connectivity index (χ0n) is 10.1. The Kier molecular flexibility index (Phi) is 2.46. The first kappa shape index (κ1) is 10.7. The molecule has 2 rings (SSSR count). The fourth-order valence-corrected chi connectivity index (χ4v) is 1.88. The van der Waals surface area contributed by atoms with E-state index in [1.807, 2.05) is 6.92 Å². The Bertz CT molecular complexity index is 541. The van der Waals surface area contributed by atoms with Crippen molar-refractivity contribution in [1.82, 2.24) is 4.98 Å². The highest BCUT2D eigenvalue weighted by Crippen LogP contribution is 2.29. The summed E-state index contributed by atoms with van der Waals surface area (Å²) in [6.45, 7) is 8.21. The zero-order valence-corrected chi connectivity index (χ0v) is 10.1. The molecule has 0 atom stereocenters. The lowest BCUT2D eigenvalue weighted by atomic mass is 9.96. The van der Waals surface area contributed by atoms with Gasteiger partial charge in [0.15, 0.2) is 0 Å². The Balaban J connectivity index is 2.65. The average Bonchev–Trinajstić information content (AvgIpc) is 2.55. The number of nitrogens with zero attached hydrogens (tertiary/aromatic N) is 1. The third-order valence-electron chi connectivity index (χ3n) is 3.13. The summed E-state index contributed by atoms with van der Waals surface area (Å²) in [6, 6.07) is 4.40. The number of nitrogen functional groups attached to an aromatic ring is 1. The van der Waals surface area contributed by atoms with Gasteiger partial charge in [-0.3, -0.25) is 0 Å². The van der Waals surface area contributed by atoms with E-state index in [0.29, 0.717) is 0 Å². The minimum Gasteiger partial charge on any atom is -0.429 e. The lowest BCUT2D eigenvalue weighted by Gasteiger charge is -2.09. The highest BCUT2D eigenvalue weighted by atomic mass is 16.4. The van der Waals surface area contributed by atoms with Crippen LogP contribution in [0.1, 0.15) is 22.5 Å². The number of nitrogens with two attached hydrogens (primary N) is 1. The number of benzene rings is 1. The summed E-state index contributed by atoms with van der Waals surface area (Å²) in [6.07, 6.45) is 0. The van der Waals surface area contributed by atoms with E-state index in [1.165, 1.54) is 16.7 Å². The smallest absolute Gasteiger partial charge is 0.292 e. The molecule has 2 N–H and O–H groups in total. The quantitative estimate of drug-likeness (QED) is 0.796. The molecule has 0 aliphatic rings. The number of oxazole rings is 1. The molecule has 0 amide bonds. The lowest BCUT2D eigenvalue weighted by Crippen LogP contribution is -1.92. The van der Waals surface area contributed by atoms with E-state index >= 15 is 0 Å². The Morgan fingerprint density at radius 3 is 2.31 bits per heavy atom. The first-order valence-electron chi connectivity index (χ1n) is 5.30. The monoisotopic (exact) mass is 216 g/mol. The van der Waals surface area contributed by atoms with Crippen LogP contribution in [0.15, 0.2) is 16.5 Å². The number of aryl methyl sites for hydroxylation is 2. The number of aromatic nitrogens is 1. The number of hydrogen-bond donors (Lipinski definition) is 1. The van der Waals surface area contributed by atoms with Gasteiger partial charge in [0, 0.05) is 5.56 Å². The van der Waals surface area contributed by atoms with Gasteiger partial charge in [-0.2, -0.15) is 4.98 Å². The Morgan fingerprint density at radius 2 is 1.75 bits per heavy atom. The minimum absolute atomic E-state index is 0.227. The average molecular weight is 216 g/mol. The molecule has 0 saturated heterocycles. The van der Waals surface area contributed by atoms with Crippen LogP contribution >= 0.6 is 0 Å². The maximum absolute atomic E-state index is 5.56. The molecule has 0 fully saturated rings. The van der Waals surface area contributed by atoms with Gasteiger partial charge >= 0.3 is 0 Å². The molecule has 1 aromatic heterocycles.